The van der Waals surface area contributed by atoms with E-state index in [1.54, 1.807) is 13.8 Å². The molecule has 1 rings (SSSR count). The fourth-order valence-electron chi connectivity index (χ4n) is 2.07. The number of likely N-dealkylation sites (tertiary alicyclic amines) is 1. The molecule has 7 heteroatoms. The van der Waals surface area contributed by atoms with Gasteiger partial charge in [0.2, 0.25) is 5.91 Å². The summed E-state index contributed by atoms with van der Waals surface area (Å²) in [5, 5.41) is 14.0. The van der Waals surface area contributed by atoms with Crippen molar-refractivity contribution < 1.29 is 19.5 Å². The summed E-state index contributed by atoms with van der Waals surface area (Å²) in [5.41, 5.74) is 0. The number of urea groups is 1. The summed E-state index contributed by atoms with van der Waals surface area (Å²) >= 11 is 0. The van der Waals surface area contributed by atoms with E-state index in [2.05, 4.69) is 10.6 Å². The molecule has 7 nitrogen and oxygen atoms in total. The third-order valence-corrected chi connectivity index (χ3v) is 2.99. The van der Waals surface area contributed by atoms with E-state index in [9.17, 15) is 14.4 Å². The van der Waals surface area contributed by atoms with Gasteiger partial charge in [-0.25, -0.2) is 9.59 Å². The van der Waals surface area contributed by atoms with E-state index in [1.165, 1.54) is 4.90 Å². The maximum absolute atomic E-state index is 11.8. The van der Waals surface area contributed by atoms with E-state index in [4.69, 9.17) is 5.11 Å². The van der Waals surface area contributed by atoms with Crippen LogP contribution in [0.25, 0.3) is 0 Å². The van der Waals surface area contributed by atoms with E-state index in [1.807, 2.05) is 0 Å². The number of hydrogen-bond acceptors (Lipinski definition) is 3. The van der Waals surface area contributed by atoms with Crippen LogP contribution < -0.4 is 10.6 Å². The Balaban J connectivity index is 2.51. The van der Waals surface area contributed by atoms with Crippen LogP contribution in [0.2, 0.25) is 0 Å². The molecule has 0 spiro atoms. The Morgan fingerprint density at radius 3 is 2.56 bits per heavy atom. The van der Waals surface area contributed by atoms with E-state index in [0.717, 1.165) is 0 Å². The van der Waals surface area contributed by atoms with Crippen molar-refractivity contribution in [3.05, 3.63) is 0 Å². The van der Waals surface area contributed by atoms with Crippen LogP contribution in [0.4, 0.5) is 4.79 Å². The molecule has 0 aromatic heterocycles. The summed E-state index contributed by atoms with van der Waals surface area (Å²) in [6, 6.07) is -1.31. The molecule has 0 aromatic carbocycles. The third-order valence-electron chi connectivity index (χ3n) is 2.99. The van der Waals surface area contributed by atoms with Crippen LogP contribution in [0.3, 0.4) is 0 Å². The number of likely N-dealkylation sites (N-methyl/N-ethyl adjacent to an activating group) is 1. The molecule has 2 unspecified atom stereocenters. The molecule has 1 aliphatic rings. The predicted molar refractivity (Wildman–Crippen MR) is 64.0 cm³/mol. The number of carboxylic acid groups (broad SMARTS) is 1. The standard InChI is InChI=1S/C11H19N3O4/c1-3-12-8(15)6-13-11(18)14-5-4-7(2)9(14)10(16)17/h7,9H,3-6H2,1-2H3,(H,12,15)(H,13,18)(H,16,17). The lowest BCUT2D eigenvalue weighted by Crippen LogP contribution is -2.49. The molecule has 0 radical (unpaired) electrons. The molecule has 102 valence electrons. The zero-order valence-electron chi connectivity index (χ0n) is 10.6. The van der Waals surface area contributed by atoms with Gasteiger partial charge in [-0.3, -0.25) is 4.79 Å². The van der Waals surface area contributed by atoms with Gasteiger partial charge >= 0.3 is 12.0 Å². The molecular weight excluding hydrogens is 238 g/mol. The lowest BCUT2D eigenvalue weighted by atomic mass is 10.0. The van der Waals surface area contributed by atoms with Crippen molar-refractivity contribution in [1.29, 1.82) is 0 Å². The molecule has 0 aliphatic carbocycles. The largest absolute Gasteiger partial charge is 0.480 e. The SMILES string of the molecule is CCNC(=O)CNC(=O)N1CCC(C)C1C(=O)O. The van der Waals surface area contributed by atoms with Crippen LogP contribution in [0, 0.1) is 5.92 Å². The monoisotopic (exact) mass is 257 g/mol. The lowest BCUT2D eigenvalue weighted by molar-refractivity contribution is -0.142. The van der Waals surface area contributed by atoms with Crippen molar-refractivity contribution in [3.8, 4) is 0 Å². The highest BCUT2D eigenvalue weighted by Crippen LogP contribution is 2.23. The predicted octanol–water partition coefficient (Wildman–Crippen LogP) is -0.373. The van der Waals surface area contributed by atoms with Gasteiger partial charge in [-0.2, -0.15) is 0 Å². The summed E-state index contributed by atoms with van der Waals surface area (Å²) < 4.78 is 0. The van der Waals surface area contributed by atoms with Gasteiger partial charge < -0.3 is 20.6 Å². The Hall–Kier alpha value is -1.79. The van der Waals surface area contributed by atoms with Gasteiger partial charge in [0.25, 0.3) is 0 Å². The summed E-state index contributed by atoms with van der Waals surface area (Å²) in [4.78, 5) is 35.3. The minimum Gasteiger partial charge on any atom is -0.480 e. The smallest absolute Gasteiger partial charge is 0.326 e. The molecule has 1 aliphatic heterocycles. The molecule has 1 fully saturated rings. The van der Waals surface area contributed by atoms with Crippen molar-refractivity contribution in [2.75, 3.05) is 19.6 Å². The number of amides is 3. The van der Waals surface area contributed by atoms with Crippen molar-refractivity contribution >= 4 is 17.9 Å². The molecule has 1 heterocycles. The molecule has 18 heavy (non-hydrogen) atoms. The summed E-state index contributed by atoms with van der Waals surface area (Å²) in [5.74, 6) is -1.36. The fourth-order valence-corrected chi connectivity index (χ4v) is 2.07. The topological polar surface area (TPSA) is 98.7 Å². The Morgan fingerprint density at radius 2 is 2.00 bits per heavy atom. The number of carboxylic acids is 1. The minimum absolute atomic E-state index is 0.0716. The van der Waals surface area contributed by atoms with E-state index in [0.29, 0.717) is 19.5 Å². The zero-order valence-corrected chi connectivity index (χ0v) is 10.6. The molecule has 3 N–H and O–H groups in total. The second-order valence-electron chi connectivity index (χ2n) is 4.35. The second kappa shape index (κ2) is 6.23. The van der Waals surface area contributed by atoms with E-state index < -0.39 is 18.0 Å². The second-order valence-corrected chi connectivity index (χ2v) is 4.35. The van der Waals surface area contributed by atoms with Crippen LogP contribution in [0.5, 0.6) is 0 Å². The van der Waals surface area contributed by atoms with E-state index >= 15 is 0 Å². The maximum Gasteiger partial charge on any atom is 0.326 e. The molecule has 0 bridgehead atoms. The summed E-state index contributed by atoms with van der Waals surface area (Å²) in [7, 11) is 0. The van der Waals surface area contributed by atoms with Crippen molar-refractivity contribution in [1.82, 2.24) is 15.5 Å². The number of rotatable bonds is 4. The zero-order chi connectivity index (χ0) is 13.7. The summed E-state index contributed by atoms with van der Waals surface area (Å²) in [6.07, 6.45) is 0.658. The van der Waals surface area contributed by atoms with Gasteiger partial charge in [-0.15, -0.1) is 0 Å². The first kappa shape index (κ1) is 14.3. The van der Waals surface area contributed by atoms with Gasteiger partial charge in [0.15, 0.2) is 0 Å². The molecule has 3 amide bonds. The van der Waals surface area contributed by atoms with Crippen molar-refractivity contribution in [2.24, 2.45) is 5.92 Å². The number of hydrogen-bond donors (Lipinski definition) is 3. The van der Waals surface area contributed by atoms with Gasteiger partial charge in [0, 0.05) is 13.1 Å². The Morgan fingerprint density at radius 1 is 1.33 bits per heavy atom. The third kappa shape index (κ3) is 3.35. The average Bonchev–Trinajstić information content (AvgIpc) is 2.68. The van der Waals surface area contributed by atoms with Crippen LogP contribution in [-0.2, 0) is 9.59 Å². The molecule has 2 atom stereocenters. The quantitative estimate of drug-likeness (QED) is 0.639. The highest BCUT2D eigenvalue weighted by Gasteiger charge is 2.39. The van der Waals surface area contributed by atoms with Crippen LogP contribution in [-0.4, -0.2) is 53.6 Å². The first-order valence-corrected chi connectivity index (χ1v) is 6.01. The Labute approximate surface area is 106 Å². The average molecular weight is 257 g/mol. The fraction of sp³-hybridized carbons (Fsp3) is 0.727. The minimum atomic E-state index is -1.01. The first-order chi connectivity index (χ1) is 8.47. The molecular formula is C11H19N3O4. The van der Waals surface area contributed by atoms with Crippen LogP contribution in [0.1, 0.15) is 20.3 Å². The molecule has 1 saturated heterocycles. The highest BCUT2D eigenvalue weighted by molar-refractivity contribution is 5.87. The highest BCUT2D eigenvalue weighted by atomic mass is 16.4. The van der Waals surface area contributed by atoms with Crippen LogP contribution >= 0.6 is 0 Å². The number of carbonyl (C=O) groups is 3. The van der Waals surface area contributed by atoms with Crippen molar-refractivity contribution in [3.63, 3.8) is 0 Å². The van der Waals surface area contributed by atoms with Crippen molar-refractivity contribution in [2.45, 2.75) is 26.3 Å². The number of carbonyl (C=O) groups excluding carboxylic acids is 2. The number of nitrogens with one attached hydrogen (secondary N) is 2. The van der Waals surface area contributed by atoms with Gasteiger partial charge in [0.05, 0.1) is 6.54 Å². The first-order valence-electron chi connectivity index (χ1n) is 6.01. The number of aliphatic carboxylic acids is 1. The Kier molecular flexibility index (Phi) is 4.94. The lowest BCUT2D eigenvalue weighted by Gasteiger charge is -2.23. The number of nitrogens with zero attached hydrogens (tertiary/aromatic N) is 1. The van der Waals surface area contributed by atoms with Gasteiger partial charge in [0.1, 0.15) is 6.04 Å². The van der Waals surface area contributed by atoms with Gasteiger partial charge in [-0.05, 0) is 19.3 Å². The molecule has 0 saturated carbocycles. The maximum atomic E-state index is 11.8. The van der Waals surface area contributed by atoms with E-state index in [-0.39, 0.29) is 18.4 Å². The van der Waals surface area contributed by atoms with Crippen LogP contribution in [0.15, 0.2) is 0 Å². The van der Waals surface area contributed by atoms with Gasteiger partial charge in [-0.1, -0.05) is 6.92 Å². The summed E-state index contributed by atoms with van der Waals surface area (Å²) in [6.45, 7) is 4.34. The molecule has 0 aromatic rings. The Bertz CT molecular complexity index is 345. The normalized spacial score (nSPS) is 22.7.